The number of carbonyl (C=O) groups is 2. The number of hydrogen-bond donors (Lipinski definition) is 2. The van der Waals surface area contributed by atoms with Crippen LogP contribution in [-0.4, -0.2) is 37.1 Å². The Labute approximate surface area is 185 Å². The molecule has 1 unspecified atom stereocenters. The molecule has 1 fully saturated rings. The third-order valence-corrected chi connectivity index (χ3v) is 7.37. The summed E-state index contributed by atoms with van der Waals surface area (Å²) in [6.07, 6.45) is 2.02. The standard InChI is InChI=1S/C21H24BrN3O4S/c1-15(26)24-18-9-5-16(6-10-18)14-23-21(27)20-4-2-3-13-25(20)30(28,29)19-11-7-17(22)8-12-19/h5-12,20H,2-4,13-14H2,1H3,(H,23,27)(H,24,26). The zero-order valence-corrected chi connectivity index (χ0v) is 19.0. The molecule has 2 aromatic carbocycles. The molecule has 0 radical (unpaired) electrons. The van der Waals surface area contributed by atoms with Crippen molar-refractivity contribution in [2.24, 2.45) is 0 Å². The van der Waals surface area contributed by atoms with Crippen LogP contribution in [0.4, 0.5) is 5.69 Å². The molecule has 2 amide bonds. The molecule has 2 N–H and O–H groups in total. The maximum Gasteiger partial charge on any atom is 0.243 e. The smallest absolute Gasteiger partial charge is 0.243 e. The molecule has 7 nitrogen and oxygen atoms in total. The minimum absolute atomic E-state index is 0.152. The first kappa shape index (κ1) is 22.5. The van der Waals surface area contributed by atoms with Crippen LogP contribution in [0.1, 0.15) is 31.7 Å². The van der Waals surface area contributed by atoms with E-state index >= 15 is 0 Å². The predicted molar refractivity (Wildman–Crippen MR) is 118 cm³/mol. The SMILES string of the molecule is CC(=O)Nc1ccc(CNC(=O)C2CCCCN2S(=O)(=O)c2ccc(Br)cc2)cc1. The van der Waals surface area contributed by atoms with Gasteiger partial charge in [0, 0.05) is 30.2 Å². The van der Waals surface area contributed by atoms with Gasteiger partial charge >= 0.3 is 0 Å². The molecule has 0 saturated carbocycles. The lowest BCUT2D eigenvalue weighted by atomic mass is 10.0. The summed E-state index contributed by atoms with van der Waals surface area (Å²) in [5.74, 6) is -0.457. The van der Waals surface area contributed by atoms with Crippen LogP contribution < -0.4 is 10.6 Å². The second kappa shape index (κ2) is 9.72. The highest BCUT2D eigenvalue weighted by Gasteiger charge is 2.37. The molecule has 1 aliphatic rings. The van der Waals surface area contributed by atoms with Crippen LogP contribution in [0.25, 0.3) is 0 Å². The van der Waals surface area contributed by atoms with E-state index < -0.39 is 16.1 Å². The van der Waals surface area contributed by atoms with Gasteiger partial charge in [0.1, 0.15) is 6.04 Å². The van der Waals surface area contributed by atoms with E-state index in [2.05, 4.69) is 26.6 Å². The number of nitrogens with one attached hydrogen (secondary N) is 2. The van der Waals surface area contributed by atoms with Gasteiger partial charge in [-0.3, -0.25) is 9.59 Å². The predicted octanol–water partition coefficient (Wildman–Crippen LogP) is 3.27. The molecule has 1 atom stereocenters. The van der Waals surface area contributed by atoms with Crippen LogP contribution in [0.15, 0.2) is 57.9 Å². The quantitative estimate of drug-likeness (QED) is 0.645. The van der Waals surface area contributed by atoms with E-state index in [0.29, 0.717) is 18.7 Å². The molecule has 1 heterocycles. The number of amides is 2. The Balaban J connectivity index is 1.69. The number of rotatable bonds is 6. The van der Waals surface area contributed by atoms with Crippen LogP contribution in [-0.2, 0) is 26.2 Å². The third-order valence-electron chi connectivity index (χ3n) is 4.92. The molecule has 0 bridgehead atoms. The molecule has 160 valence electrons. The van der Waals surface area contributed by atoms with Crippen molar-refractivity contribution in [1.82, 2.24) is 9.62 Å². The van der Waals surface area contributed by atoms with Gasteiger partial charge in [-0.25, -0.2) is 8.42 Å². The average molecular weight is 494 g/mol. The van der Waals surface area contributed by atoms with E-state index in [0.717, 1.165) is 22.9 Å². The van der Waals surface area contributed by atoms with Crippen molar-refractivity contribution in [1.29, 1.82) is 0 Å². The first-order valence-corrected chi connectivity index (χ1v) is 11.9. The van der Waals surface area contributed by atoms with Gasteiger partial charge in [-0.05, 0) is 54.8 Å². The number of benzene rings is 2. The maximum absolute atomic E-state index is 13.1. The lowest BCUT2D eigenvalue weighted by molar-refractivity contribution is -0.125. The number of hydrogen-bond acceptors (Lipinski definition) is 4. The van der Waals surface area contributed by atoms with Crippen molar-refractivity contribution in [2.75, 3.05) is 11.9 Å². The van der Waals surface area contributed by atoms with Gasteiger partial charge < -0.3 is 10.6 Å². The Morgan fingerprint density at radius 2 is 1.73 bits per heavy atom. The average Bonchev–Trinajstić information content (AvgIpc) is 2.73. The monoisotopic (exact) mass is 493 g/mol. The van der Waals surface area contributed by atoms with Gasteiger partial charge in [0.2, 0.25) is 21.8 Å². The zero-order valence-electron chi connectivity index (χ0n) is 16.6. The number of sulfonamides is 1. The van der Waals surface area contributed by atoms with Gasteiger partial charge in [-0.1, -0.05) is 34.5 Å². The van der Waals surface area contributed by atoms with Crippen molar-refractivity contribution in [3.63, 3.8) is 0 Å². The van der Waals surface area contributed by atoms with Gasteiger partial charge in [-0.2, -0.15) is 4.31 Å². The molecule has 3 rings (SSSR count). The number of piperidine rings is 1. The fourth-order valence-electron chi connectivity index (χ4n) is 3.41. The fraction of sp³-hybridized carbons (Fsp3) is 0.333. The van der Waals surface area contributed by atoms with E-state index in [1.807, 2.05) is 12.1 Å². The highest BCUT2D eigenvalue weighted by molar-refractivity contribution is 9.10. The molecule has 0 aliphatic carbocycles. The maximum atomic E-state index is 13.1. The Hall–Kier alpha value is -2.23. The Morgan fingerprint density at radius 3 is 2.37 bits per heavy atom. The fourth-order valence-corrected chi connectivity index (χ4v) is 5.33. The van der Waals surface area contributed by atoms with E-state index in [9.17, 15) is 18.0 Å². The molecule has 30 heavy (non-hydrogen) atoms. The lowest BCUT2D eigenvalue weighted by Crippen LogP contribution is -2.51. The van der Waals surface area contributed by atoms with E-state index in [1.54, 1.807) is 36.4 Å². The highest BCUT2D eigenvalue weighted by atomic mass is 79.9. The first-order chi connectivity index (χ1) is 14.3. The summed E-state index contributed by atoms with van der Waals surface area (Å²) in [5.41, 5.74) is 1.53. The van der Waals surface area contributed by atoms with Crippen molar-refractivity contribution in [2.45, 2.75) is 43.7 Å². The summed E-state index contributed by atoms with van der Waals surface area (Å²) in [7, 11) is -3.76. The summed E-state index contributed by atoms with van der Waals surface area (Å²) < 4.78 is 28.3. The van der Waals surface area contributed by atoms with Crippen molar-refractivity contribution >= 4 is 43.5 Å². The zero-order chi connectivity index (χ0) is 21.7. The number of nitrogens with zero attached hydrogens (tertiary/aromatic N) is 1. The van der Waals surface area contributed by atoms with Crippen LogP contribution in [0.3, 0.4) is 0 Å². The van der Waals surface area contributed by atoms with E-state index in [1.165, 1.54) is 11.2 Å². The van der Waals surface area contributed by atoms with Crippen LogP contribution >= 0.6 is 15.9 Å². The molecule has 0 aromatic heterocycles. The second-order valence-corrected chi connectivity index (χ2v) is 9.98. The van der Waals surface area contributed by atoms with Gasteiger partial charge in [0.15, 0.2) is 0 Å². The topological polar surface area (TPSA) is 95.6 Å². The van der Waals surface area contributed by atoms with Crippen LogP contribution in [0.5, 0.6) is 0 Å². The second-order valence-electron chi connectivity index (χ2n) is 7.18. The molecule has 1 saturated heterocycles. The normalized spacial score (nSPS) is 17.3. The number of carbonyl (C=O) groups excluding carboxylic acids is 2. The van der Waals surface area contributed by atoms with Gasteiger partial charge in [0.05, 0.1) is 4.90 Å². The summed E-state index contributed by atoms with van der Waals surface area (Å²) in [6.45, 7) is 2.04. The van der Waals surface area contributed by atoms with Gasteiger partial charge in [-0.15, -0.1) is 0 Å². The Morgan fingerprint density at radius 1 is 1.07 bits per heavy atom. The van der Waals surface area contributed by atoms with Crippen LogP contribution in [0, 0.1) is 0 Å². The third kappa shape index (κ3) is 5.47. The summed E-state index contributed by atoms with van der Waals surface area (Å²) in [6, 6.07) is 12.8. The molecule has 1 aliphatic heterocycles. The molecular weight excluding hydrogens is 470 g/mol. The minimum atomic E-state index is -3.76. The summed E-state index contributed by atoms with van der Waals surface area (Å²) >= 11 is 3.31. The van der Waals surface area contributed by atoms with E-state index in [-0.39, 0.29) is 23.3 Å². The molecule has 2 aromatic rings. The summed E-state index contributed by atoms with van der Waals surface area (Å²) in [4.78, 5) is 24.1. The molecule has 0 spiro atoms. The van der Waals surface area contributed by atoms with Crippen molar-refractivity contribution < 1.29 is 18.0 Å². The largest absolute Gasteiger partial charge is 0.351 e. The number of anilines is 1. The Kier molecular flexibility index (Phi) is 7.27. The first-order valence-electron chi connectivity index (χ1n) is 9.69. The summed E-state index contributed by atoms with van der Waals surface area (Å²) in [5, 5.41) is 5.54. The Bertz CT molecular complexity index is 1010. The lowest BCUT2D eigenvalue weighted by Gasteiger charge is -2.33. The molecule has 9 heteroatoms. The number of halogens is 1. The van der Waals surface area contributed by atoms with Gasteiger partial charge in [0.25, 0.3) is 0 Å². The van der Waals surface area contributed by atoms with Crippen molar-refractivity contribution in [3.05, 3.63) is 58.6 Å². The molecular formula is C21H24BrN3O4S. The minimum Gasteiger partial charge on any atom is -0.351 e. The van der Waals surface area contributed by atoms with Crippen molar-refractivity contribution in [3.8, 4) is 0 Å². The highest BCUT2D eigenvalue weighted by Crippen LogP contribution is 2.26. The van der Waals surface area contributed by atoms with E-state index in [4.69, 9.17) is 0 Å². The van der Waals surface area contributed by atoms with Crippen LogP contribution in [0.2, 0.25) is 0 Å².